The number of amides is 1. The van der Waals surface area contributed by atoms with Gasteiger partial charge in [0.1, 0.15) is 16.4 Å². The Labute approximate surface area is 144 Å². The molecule has 0 bridgehead atoms. The summed E-state index contributed by atoms with van der Waals surface area (Å²) in [6.07, 6.45) is 0.363. The molecule has 1 N–H and O–H groups in total. The van der Waals surface area contributed by atoms with Crippen molar-refractivity contribution in [3.05, 3.63) is 48.0 Å². The summed E-state index contributed by atoms with van der Waals surface area (Å²) in [5, 5.41) is 2.54. The number of fused-ring (bicyclic) bond motifs is 1. The van der Waals surface area contributed by atoms with Crippen LogP contribution in [0.2, 0.25) is 0 Å². The third-order valence-corrected chi connectivity index (χ3v) is 4.82. The monoisotopic (exact) mass is 361 g/mol. The van der Waals surface area contributed by atoms with Crippen LogP contribution in [0.5, 0.6) is 11.5 Å². The number of nitrogens with one attached hydrogen (secondary N) is 1. The highest BCUT2D eigenvalue weighted by Gasteiger charge is 2.22. The van der Waals surface area contributed by atoms with E-state index < -0.39 is 10.1 Å². The highest BCUT2D eigenvalue weighted by atomic mass is 32.2. The molecule has 0 aliphatic carbocycles. The van der Waals surface area contributed by atoms with Crippen LogP contribution in [0.1, 0.15) is 23.7 Å². The fraction of sp³-hybridized carbons (Fsp3) is 0.176. The molecule has 3 rings (SSSR count). The highest BCUT2D eigenvalue weighted by Crippen LogP contribution is 2.31. The van der Waals surface area contributed by atoms with Crippen LogP contribution < -0.4 is 14.2 Å². The minimum Gasteiger partial charge on any atom is -0.482 e. The van der Waals surface area contributed by atoms with Gasteiger partial charge in [-0.3, -0.25) is 9.59 Å². The number of benzene rings is 2. The van der Waals surface area contributed by atoms with Crippen LogP contribution in [0.4, 0.5) is 5.69 Å². The molecular formula is C17H15NO6S. The molecule has 1 aliphatic heterocycles. The zero-order valence-electron chi connectivity index (χ0n) is 13.3. The molecule has 25 heavy (non-hydrogen) atoms. The van der Waals surface area contributed by atoms with Crippen molar-refractivity contribution in [1.82, 2.24) is 0 Å². The summed E-state index contributed by atoms with van der Waals surface area (Å²) in [5.74, 6) is 0.0747. The lowest BCUT2D eigenvalue weighted by atomic mass is 10.1. The molecule has 7 nitrogen and oxygen atoms in total. The lowest BCUT2D eigenvalue weighted by Crippen LogP contribution is -2.25. The van der Waals surface area contributed by atoms with Gasteiger partial charge in [-0.2, -0.15) is 8.42 Å². The molecule has 1 amide bonds. The van der Waals surface area contributed by atoms with Gasteiger partial charge < -0.3 is 14.2 Å². The first-order chi connectivity index (χ1) is 11.9. The lowest BCUT2D eigenvalue weighted by Gasteiger charge is -2.18. The minimum atomic E-state index is -4.09. The molecular weight excluding hydrogens is 346 g/mol. The lowest BCUT2D eigenvalue weighted by molar-refractivity contribution is -0.118. The smallest absolute Gasteiger partial charge is 0.339 e. The van der Waals surface area contributed by atoms with E-state index in [4.69, 9.17) is 8.92 Å². The number of anilines is 1. The molecule has 2 aromatic carbocycles. The number of ketones is 1. The van der Waals surface area contributed by atoms with E-state index in [1.165, 1.54) is 42.5 Å². The van der Waals surface area contributed by atoms with Gasteiger partial charge in [0.05, 0.1) is 5.69 Å². The van der Waals surface area contributed by atoms with Crippen molar-refractivity contribution in [2.75, 3.05) is 11.9 Å². The second-order valence-corrected chi connectivity index (χ2v) is 6.88. The van der Waals surface area contributed by atoms with E-state index in [0.29, 0.717) is 17.7 Å². The molecule has 0 spiro atoms. The molecule has 0 saturated carbocycles. The Bertz CT molecular complexity index is 934. The number of hydrogen-bond donors (Lipinski definition) is 1. The molecule has 0 fully saturated rings. The number of hydrogen-bond acceptors (Lipinski definition) is 6. The SMILES string of the molecule is CCC(=O)c1ccc(OS(=O)(=O)c2ccc3c(c2)NC(=O)CO3)cc1. The molecule has 2 aromatic rings. The van der Waals surface area contributed by atoms with Crippen LogP contribution in [0.25, 0.3) is 0 Å². The summed E-state index contributed by atoms with van der Waals surface area (Å²) in [4.78, 5) is 22.8. The van der Waals surface area contributed by atoms with Gasteiger partial charge >= 0.3 is 10.1 Å². The third kappa shape index (κ3) is 3.63. The second-order valence-electron chi connectivity index (χ2n) is 5.33. The Morgan fingerprint density at radius 1 is 1.20 bits per heavy atom. The average molecular weight is 361 g/mol. The van der Waals surface area contributed by atoms with Crippen molar-refractivity contribution in [1.29, 1.82) is 0 Å². The van der Waals surface area contributed by atoms with E-state index in [-0.39, 0.29) is 34.6 Å². The minimum absolute atomic E-state index is 0.0418. The van der Waals surface area contributed by atoms with E-state index in [1.807, 2.05) is 0 Å². The largest absolute Gasteiger partial charge is 0.482 e. The predicted molar refractivity (Wildman–Crippen MR) is 89.4 cm³/mol. The van der Waals surface area contributed by atoms with E-state index in [0.717, 1.165) is 0 Å². The van der Waals surface area contributed by atoms with Crippen LogP contribution in [-0.2, 0) is 14.9 Å². The summed E-state index contributed by atoms with van der Waals surface area (Å²) < 4.78 is 35.1. The van der Waals surface area contributed by atoms with Crippen molar-refractivity contribution in [2.24, 2.45) is 0 Å². The zero-order valence-corrected chi connectivity index (χ0v) is 14.1. The topological polar surface area (TPSA) is 98.8 Å². The van der Waals surface area contributed by atoms with Gasteiger partial charge in [-0.05, 0) is 42.5 Å². The summed E-state index contributed by atoms with van der Waals surface area (Å²) in [6.45, 7) is 1.63. The van der Waals surface area contributed by atoms with Crippen LogP contribution >= 0.6 is 0 Å². The van der Waals surface area contributed by atoms with Crippen molar-refractivity contribution in [2.45, 2.75) is 18.2 Å². The molecule has 1 heterocycles. The van der Waals surface area contributed by atoms with E-state index in [2.05, 4.69) is 5.32 Å². The summed E-state index contributed by atoms with van der Waals surface area (Å²) in [7, 11) is -4.09. The number of rotatable bonds is 5. The summed E-state index contributed by atoms with van der Waals surface area (Å²) >= 11 is 0. The molecule has 0 radical (unpaired) electrons. The maximum absolute atomic E-state index is 12.4. The van der Waals surface area contributed by atoms with Crippen LogP contribution in [-0.4, -0.2) is 26.7 Å². The van der Waals surface area contributed by atoms with Gasteiger partial charge in [-0.25, -0.2) is 0 Å². The predicted octanol–water partition coefficient (Wildman–Crippen LogP) is 2.38. The Morgan fingerprint density at radius 2 is 1.92 bits per heavy atom. The fourth-order valence-corrected chi connectivity index (χ4v) is 3.25. The number of ether oxygens (including phenoxy) is 1. The molecule has 0 unspecified atom stereocenters. The Kier molecular flexibility index (Phi) is 4.45. The first kappa shape index (κ1) is 17.0. The second kappa shape index (κ2) is 6.56. The van der Waals surface area contributed by atoms with Gasteiger partial charge in [-0.1, -0.05) is 6.92 Å². The number of carbonyl (C=O) groups is 2. The van der Waals surface area contributed by atoms with Crippen LogP contribution in [0.15, 0.2) is 47.4 Å². The van der Waals surface area contributed by atoms with Gasteiger partial charge in [0, 0.05) is 12.0 Å². The van der Waals surface area contributed by atoms with Gasteiger partial charge in [-0.15, -0.1) is 0 Å². The molecule has 0 aromatic heterocycles. The molecule has 0 atom stereocenters. The fourth-order valence-electron chi connectivity index (χ4n) is 2.29. The third-order valence-electron chi connectivity index (χ3n) is 3.58. The molecule has 0 saturated heterocycles. The zero-order chi connectivity index (χ0) is 18.0. The van der Waals surface area contributed by atoms with Gasteiger partial charge in [0.15, 0.2) is 12.4 Å². The number of Topliss-reactive ketones (excluding diaryl/α,β-unsaturated/α-hetero) is 1. The quantitative estimate of drug-likeness (QED) is 0.648. The normalized spacial score (nSPS) is 13.4. The maximum Gasteiger partial charge on any atom is 0.339 e. The summed E-state index contributed by atoms with van der Waals surface area (Å²) in [5.41, 5.74) is 0.755. The van der Waals surface area contributed by atoms with Gasteiger partial charge in [0.25, 0.3) is 5.91 Å². The van der Waals surface area contributed by atoms with Crippen LogP contribution in [0, 0.1) is 0 Å². The van der Waals surface area contributed by atoms with Gasteiger partial charge in [0.2, 0.25) is 0 Å². The van der Waals surface area contributed by atoms with Crippen molar-refractivity contribution in [3.63, 3.8) is 0 Å². The van der Waals surface area contributed by atoms with Crippen molar-refractivity contribution >= 4 is 27.5 Å². The van der Waals surface area contributed by atoms with Crippen LogP contribution in [0.3, 0.4) is 0 Å². The maximum atomic E-state index is 12.4. The summed E-state index contributed by atoms with van der Waals surface area (Å²) in [6, 6.07) is 9.92. The average Bonchev–Trinajstić information content (AvgIpc) is 2.60. The van der Waals surface area contributed by atoms with E-state index in [1.54, 1.807) is 6.92 Å². The molecule has 130 valence electrons. The highest BCUT2D eigenvalue weighted by molar-refractivity contribution is 7.87. The Balaban J connectivity index is 1.83. The van der Waals surface area contributed by atoms with E-state index in [9.17, 15) is 18.0 Å². The Morgan fingerprint density at radius 3 is 2.60 bits per heavy atom. The first-order valence-electron chi connectivity index (χ1n) is 7.53. The molecule has 1 aliphatic rings. The van der Waals surface area contributed by atoms with Crippen molar-refractivity contribution in [3.8, 4) is 11.5 Å². The molecule has 8 heteroatoms. The van der Waals surface area contributed by atoms with E-state index >= 15 is 0 Å². The number of carbonyl (C=O) groups excluding carboxylic acids is 2. The standard InChI is InChI=1S/C17H15NO6S/c1-2-15(19)11-3-5-12(6-4-11)24-25(21,22)13-7-8-16-14(9-13)18-17(20)10-23-16/h3-9H,2,10H2,1H3,(H,18,20). The Hall–Kier alpha value is -2.87. The first-order valence-corrected chi connectivity index (χ1v) is 8.94. The van der Waals surface area contributed by atoms with Crippen molar-refractivity contribution < 1.29 is 26.9 Å².